The molecule has 0 unspecified atom stereocenters. The standard InChI is InChI=1S/C57H35N3O2/c1-4-13-36(14-5-1)39-23-25-40(26-24-39)41-28-30-52-50(34-41)47-29-27-42(35-53(47)61-52)55-58-56(60-57(59-55)49-21-12-20-48-46-19-10-11-22-51(46)62-54(48)49)45-32-43(37-15-6-2-7-16-37)31-44(33-45)38-17-8-3-9-18-38/h1-35H/i27D,28D,29D,30D,34D,35D. The number of furan rings is 2. The highest BCUT2D eigenvalue weighted by Crippen LogP contribution is 2.39. The van der Waals surface area contributed by atoms with Crippen LogP contribution in [0.5, 0.6) is 0 Å². The largest absolute Gasteiger partial charge is 0.456 e. The van der Waals surface area contributed by atoms with Crippen molar-refractivity contribution in [3.63, 3.8) is 0 Å². The molecule has 0 aliphatic heterocycles. The van der Waals surface area contributed by atoms with Gasteiger partial charge in [-0.1, -0.05) is 158 Å². The van der Waals surface area contributed by atoms with E-state index in [1.54, 1.807) is 0 Å². The highest BCUT2D eigenvalue weighted by molar-refractivity contribution is 6.09. The van der Waals surface area contributed by atoms with Crippen molar-refractivity contribution in [1.82, 2.24) is 15.0 Å². The molecular weight excluding hydrogens is 759 g/mol. The van der Waals surface area contributed by atoms with Gasteiger partial charge in [0.1, 0.15) is 22.3 Å². The summed E-state index contributed by atoms with van der Waals surface area (Å²) in [6, 6.07) is 55.3. The Bertz CT molecular complexity index is 3910. The molecule has 0 aliphatic carbocycles. The summed E-state index contributed by atoms with van der Waals surface area (Å²) in [7, 11) is 0. The van der Waals surface area contributed by atoms with Crippen LogP contribution in [0.1, 0.15) is 8.22 Å². The minimum atomic E-state index is -0.368. The first kappa shape index (κ1) is 29.7. The molecule has 5 heteroatoms. The van der Waals surface area contributed by atoms with E-state index in [2.05, 4.69) is 6.07 Å². The normalized spacial score (nSPS) is 12.9. The third-order valence-electron chi connectivity index (χ3n) is 11.2. The van der Waals surface area contributed by atoms with Crippen molar-refractivity contribution < 1.29 is 17.1 Å². The van der Waals surface area contributed by atoms with Crippen molar-refractivity contribution >= 4 is 43.9 Å². The van der Waals surface area contributed by atoms with Crippen LogP contribution in [-0.4, -0.2) is 15.0 Å². The van der Waals surface area contributed by atoms with Crippen molar-refractivity contribution in [3.05, 3.63) is 212 Å². The molecule has 0 N–H and O–H groups in total. The molecule has 0 fully saturated rings. The van der Waals surface area contributed by atoms with E-state index >= 15 is 0 Å². The summed E-state index contributed by atoms with van der Waals surface area (Å²) in [6.45, 7) is 0. The van der Waals surface area contributed by atoms with E-state index < -0.39 is 0 Å². The molecular formula is C57H35N3O2. The Hall–Kier alpha value is -8.41. The summed E-state index contributed by atoms with van der Waals surface area (Å²) < 4.78 is 69.3. The van der Waals surface area contributed by atoms with Crippen LogP contribution in [-0.2, 0) is 0 Å². The second-order valence-corrected chi connectivity index (χ2v) is 15.1. The van der Waals surface area contributed by atoms with Gasteiger partial charge in [0, 0.05) is 32.7 Å². The minimum Gasteiger partial charge on any atom is -0.456 e. The van der Waals surface area contributed by atoms with Crippen molar-refractivity contribution in [2.45, 2.75) is 0 Å². The third kappa shape index (κ3) is 6.32. The molecule has 0 bridgehead atoms. The van der Waals surface area contributed by atoms with Crippen LogP contribution in [0, 0.1) is 0 Å². The second kappa shape index (κ2) is 14.7. The zero-order valence-electron chi connectivity index (χ0n) is 38.9. The Kier molecular flexibility index (Phi) is 7.05. The van der Waals surface area contributed by atoms with Crippen molar-refractivity contribution in [2.75, 3.05) is 0 Å². The molecule has 0 radical (unpaired) electrons. The zero-order chi connectivity index (χ0) is 46.2. The lowest BCUT2D eigenvalue weighted by Gasteiger charge is -2.12. The van der Waals surface area contributed by atoms with E-state index in [0.717, 1.165) is 44.2 Å². The molecule has 0 atom stereocenters. The molecule has 12 rings (SSSR count). The van der Waals surface area contributed by atoms with Crippen LogP contribution in [0.4, 0.5) is 0 Å². The fourth-order valence-corrected chi connectivity index (χ4v) is 8.12. The topological polar surface area (TPSA) is 65.0 Å². The van der Waals surface area contributed by atoms with Crippen LogP contribution < -0.4 is 0 Å². The van der Waals surface area contributed by atoms with Crippen molar-refractivity contribution in [2.24, 2.45) is 0 Å². The number of hydrogen-bond acceptors (Lipinski definition) is 5. The highest BCUT2D eigenvalue weighted by Gasteiger charge is 2.20. The first-order valence-electron chi connectivity index (χ1n) is 23.3. The SMILES string of the molecule is [2H]c1c(-c2ccc(-c3ccccc3)cc2)c([2H])c2c(oc3c([2H])c(-c4nc(-c5cc(-c6ccccc6)cc(-c6ccccc6)c5)nc(-c5cccc6c5oc5ccccc56)n4)c([2H])c([2H])c32)c1[2H]. The lowest BCUT2D eigenvalue weighted by Crippen LogP contribution is -2.01. The average molecular weight is 800 g/mol. The van der Waals surface area contributed by atoms with Crippen LogP contribution in [0.25, 0.3) is 123 Å². The number of para-hydroxylation sites is 2. The van der Waals surface area contributed by atoms with E-state index in [9.17, 15) is 5.48 Å². The molecule has 3 heterocycles. The molecule has 0 amide bonds. The van der Waals surface area contributed by atoms with Crippen LogP contribution in [0.3, 0.4) is 0 Å². The lowest BCUT2D eigenvalue weighted by molar-refractivity contribution is 0.668. The zero-order valence-corrected chi connectivity index (χ0v) is 32.9. The molecule has 0 saturated heterocycles. The van der Waals surface area contributed by atoms with Gasteiger partial charge < -0.3 is 8.83 Å². The van der Waals surface area contributed by atoms with E-state index in [-0.39, 0.29) is 86.8 Å². The quantitative estimate of drug-likeness (QED) is 0.161. The molecule has 0 saturated carbocycles. The van der Waals surface area contributed by atoms with Gasteiger partial charge in [0.2, 0.25) is 0 Å². The van der Waals surface area contributed by atoms with Gasteiger partial charge in [-0.3, -0.25) is 0 Å². The van der Waals surface area contributed by atoms with E-state index in [0.29, 0.717) is 27.9 Å². The minimum absolute atomic E-state index is 0.0315. The number of hydrogen-bond donors (Lipinski definition) is 0. The van der Waals surface area contributed by atoms with Gasteiger partial charge in [0.25, 0.3) is 0 Å². The molecule has 12 aromatic rings. The molecule has 62 heavy (non-hydrogen) atoms. The maximum Gasteiger partial charge on any atom is 0.167 e. The van der Waals surface area contributed by atoms with Gasteiger partial charge in [0.05, 0.1) is 13.8 Å². The van der Waals surface area contributed by atoms with Crippen molar-refractivity contribution in [1.29, 1.82) is 0 Å². The Labute approximate surface area is 365 Å². The lowest BCUT2D eigenvalue weighted by atomic mass is 9.96. The fourth-order valence-electron chi connectivity index (χ4n) is 8.12. The Balaban J connectivity index is 1.09. The summed E-state index contributed by atoms with van der Waals surface area (Å²) in [5.41, 5.74) is 8.61. The molecule has 0 aliphatic rings. The first-order valence-corrected chi connectivity index (χ1v) is 20.3. The van der Waals surface area contributed by atoms with Gasteiger partial charge in [-0.15, -0.1) is 0 Å². The number of rotatable bonds is 7. The number of aromatic nitrogens is 3. The van der Waals surface area contributed by atoms with Gasteiger partial charge in [-0.25, -0.2) is 15.0 Å². The van der Waals surface area contributed by atoms with E-state index in [1.165, 1.54) is 0 Å². The molecule has 5 nitrogen and oxygen atoms in total. The first-order chi connectivity index (χ1) is 33.2. The summed E-state index contributed by atoms with van der Waals surface area (Å²) in [5, 5.41) is 1.89. The molecule has 0 spiro atoms. The number of benzene rings is 9. The van der Waals surface area contributed by atoms with E-state index in [1.807, 2.05) is 170 Å². The molecule has 9 aromatic carbocycles. The van der Waals surface area contributed by atoms with Gasteiger partial charge in [-0.05, 0) is 99.0 Å². The molecule has 290 valence electrons. The summed E-state index contributed by atoms with van der Waals surface area (Å²) in [6.07, 6.45) is 0. The highest BCUT2D eigenvalue weighted by atomic mass is 16.3. The average Bonchev–Trinajstić information content (AvgIpc) is 3.99. The maximum absolute atomic E-state index is 9.73. The smallest absolute Gasteiger partial charge is 0.167 e. The second-order valence-electron chi connectivity index (χ2n) is 15.1. The summed E-state index contributed by atoms with van der Waals surface area (Å²) >= 11 is 0. The van der Waals surface area contributed by atoms with Gasteiger partial charge in [-0.2, -0.15) is 0 Å². The summed E-state index contributed by atoms with van der Waals surface area (Å²) in [5.74, 6) is 0.430. The van der Waals surface area contributed by atoms with Crippen molar-refractivity contribution in [3.8, 4) is 78.7 Å². The number of fused-ring (bicyclic) bond motifs is 6. The number of nitrogens with zero attached hydrogens (tertiary/aromatic N) is 3. The molecule has 3 aromatic heterocycles. The van der Waals surface area contributed by atoms with Crippen LogP contribution in [0.2, 0.25) is 0 Å². The van der Waals surface area contributed by atoms with Crippen LogP contribution in [0.15, 0.2) is 221 Å². The van der Waals surface area contributed by atoms with E-state index in [4.69, 9.17) is 26.5 Å². The van der Waals surface area contributed by atoms with Crippen LogP contribution >= 0.6 is 0 Å². The predicted octanol–water partition coefficient (Wildman–Crippen LogP) is 15.3. The Morgan fingerprint density at radius 3 is 1.53 bits per heavy atom. The summed E-state index contributed by atoms with van der Waals surface area (Å²) in [4.78, 5) is 15.1. The maximum atomic E-state index is 9.73. The van der Waals surface area contributed by atoms with Gasteiger partial charge in [0.15, 0.2) is 17.5 Å². The van der Waals surface area contributed by atoms with Gasteiger partial charge >= 0.3 is 0 Å². The predicted molar refractivity (Wildman–Crippen MR) is 252 cm³/mol. The fraction of sp³-hybridized carbons (Fsp3) is 0. The third-order valence-corrected chi connectivity index (χ3v) is 11.2. The Morgan fingerprint density at radius 2 is 0.839 bits per heavy atom. The Morgan fingerprint density at radius 1 is 0.306 bits per heavy atom. The monoisotopic (exact) mass is 799 g/mol.